The van der Waals surface area contributed by atoms with E-state index in [0.717, 1.165) is 18.4 Å². The molecule has 1 saturated heterocycles. The number of pyridine rings is 1. The molecule has 1 N–H and O–H groups in total. The third-order valence-corrected chi connectivity index (χ3v) is 6.75. The van der Waals surface area contributed by atoms with Crippen molar-refractivity contribution in [2.45, 2.75) is 26.7 Å². The highest BCUT2D eigenvalue weighted by Crippen LogP contribution is 2.28. The molecular weight excluding hydrogens is 524 g/mol. The third kappa shape index (κ3) is 4.94. The molecule has 0 aliphatic carbocycles. The van der Waals surface area contributed by atoms with Crippen LogP contribution in [0.5, 0.6) is 5.88 Å². The molecule has 204 valence electrons. The summed E-state index contributed by atoms with van der Waals surface area (Å²) in [6.45, 7) is 4.59. The molecule has 1 amide bonds. The minimum absolute atomic E-state index is 0.0887. The Balaban J connectivity index is 1.30. The lowest BCUT2D eigenvalue weighted by molar-refractivity contribution is 0.101. The Morgan fingerprint density at radius 2 is 1.93 bits per heavy atom. The van der Waals surface area contributed by atoms with Gasteiger partial charge in [0.1, 0.15) is 23.9 Å². The Hall–Kier alpha value is -5.64. The molecule has 0 spiro atoms. The number of aromatic nitrogens is 7. The monoisotopic (exact) mass is 548 g/mol. The van der Waals surface area contributed by atoms with Gasteiger partial charge in [0.25, 0.3) is 5.88 Å². The van der Waals surface area contributed by atoms with E-state index < -0.39 is 6.09 Å². The molecular formula is C28H24N10O3. The number of nitrogens with one attached hydrogen (secondary N) is 1. The second-order valence-electron chi connectivity index (χ2n) is 9.55. The zero-order valence-corrected chi connectivity index (χ0v) is 22.3. The molecule has 13 heteroatoms. The van der Waals surface area contributed by atoms with Gasteiger partial charge in [-0.2, -0.15) is 15.5 Å². The number of imidazole rings is 1. The topological polar surface area (TPSA) is 157 Å². The summed E-state index contributed by atoms with van der Waals surface area (Å²) in [7, 11) is 0. The van der Waals surface area contributed by atoms with E-state index in [1.807, 2.05) is 24.3 Å². The molecule has 13 nitrogen and oxygen atoms in total. The Labute approximate surface area is 234 Å². The summed E-state index contributed by atoms with van der Waals surface area (Å²) in [5.74, 6) is 0.770. The van der Waals surface area contributed by atoms with Gasteiger partial charge < -0.3 is 15.0 Å². The van der Waals surface area contributed by atoms with Gasteiger partial charge in [-0.25, -0.2) is 19.4 Å². The number of likely N-dealkylation sites (tertiary alicyclic amines) is 1. The fraction of sp³-hybridized carbons (Fsp3) is 0.214. The fourth-order valence-electron chi connectivity index (χ4n) is 4.72. The van der Waals surface area contributed by atoms with Crippen molar-refractivity contribution in [1.29, 1.82) is 5.26 Å². The summed E-state index contributed by atoms with van der Waals surface area (Å²) in [4.78, 5) is 35.8. The number of nitriles is 1. The van der Waals surface area contributed by atoms with Crippen molar-refractivity contribution in [3.63, 3.8) is 0 Å². The Morgan fingerprint density at radius 1 is 1.10 bits per heavy atom. The number of ether oxygens (including phenoxy) is 1. The minimum Gasteiger partial charge on any atom is -0.387 e. The van der Waals surface area contributed by atoms with E-state index in [-0.39, 0.29) is 17.4 Å². The molecule has 1 fully saturated rings. The first-order chi connectivity index (χ1) is 19.9. The second kappa shape index (κ2) is 10.5. The summed E-state index contributed by atoms with van der Waals surface area (Å²) in [6.07, 6.45) is 4.61. The summed E-state index contributed by atoms with van der Waals surface area (Å²) < 4.78 is 8.81. The van der Waals surface area contributed by atoms with Gasteiger partial charge in [-0.3, -0.25) is 9.36 Å². The van der Waals surface area contributed by atoms with Crippen LogP contribution in [0, 0.1) is 18.3 Å². The van der Waals surface area contributed by atoms with Gasteiger partial charge in [-0.05, 0) is 69.2 Å². The van der Waals surface area contributed by atoms with Gasteiger partial charge in [0.05, 0.1) is 22.8 Å². The first kappa shape index (κ1) is 25.6. The minimum atomic E-state index is -0.447. The van der Waals surface area contributed by atoms with Crippen LogP contribution in [0.2, 0.25) is 0 Å². The molecule has 1 aliphatic rings. The molecule has 4 aromatic heterocycles. The van der Waals surface area contributed by atoms with E-state index >= 15 is 0 Å². The average Bonchev–Trinajstić information content (AvgIpc) is 3.73. The van der Waals surface area contributed by atoms with E-state index in [2.05, 4.69) is 25.6 Å². The van der Waals surface area contributed by atoms with Crippen molar-refractivity contribution in [3.05, 3.63) is 71.9 Å². The molecule has 1 aromatic carbocycles. The molecule has 0 saturated carbocycles. The van der Waals surface area contributed by atoms with E-state index in [1.54, 1.807) is 47.0 Å². The van der Waals surface area contributed by atoms with Crippen LogP contribution < -0.4 is 10.1 Å². The van der Waals surface area contributed by atoms with Crippen LogP contribution in [0.1, 0.15) is 41.5 Å². The molecule has 5 heterocycles. The number of carbonyl (C=O) groups is 2. The van der Waals surface area contributed by atoms with Gasteiger partial charge in [-0.15, -0.1) is 5.10 Å². The summed E-state index contributed by atoms with van der Waals surface area (Å²) >= 11 is 0. The number of anilines is 2. The van der Waals surface area contributed by atoms with Crippen molar-refractivity contribution < 1.29 is 14.3 Å². The summed E-state index contributed by atoms with van der Waals surface area (Å²) in [5, 5.41) is 24.7. The number of rotatable bonds is 6. The van der Waals surface area contributed by atoms with Crippen LogP contribution in [0.4, 0.5) is 16.2 Å². The Kier molecular flexibility index (Phi) is 6.56. The van der Waals surface area contributed by atoms with E-state index in [9.17, 15) is 14.9 Å². The number of carbonyl (C=O) groups excluding carboxylic acids is 2. The maximum absolute atomic E-state index is 12.5. The first-order valence-electron chi connectivity index (χ1n) is 12.9. The Morgan fingerprint density at radius 3 is 2.68 bits per heavy atom. The molecule has 5 aromatic rings. The van der Waals surface area contributed by atoms with Crippen LogP contribution in [0.3, 0.4) is 0 Å². The van der Waals surface area contributed by atoms with Crippen LogP contribution in [0.25, 0.3) is 22.7 Å². The number of ketones is 1. The first-order valence-corrected chi connectivity index (χ1v) is 12.9. The molecule has 41 heavy (non-hydrogen) atoms. The van der Waals surface area contributed by atoms with E-state index in [1.165, 1.54) is 17.8 Å². The predicted octanol–water partition coefficient (Wildman–Crippen LogP) is 4.12. The van der Waals surface area contributed by atoms with Crippen molar-refractivity contribution in [3.8, 4) is 23.6 Å². The largest absolute Gasteiger partial charge is 0.416 e. The maximum atomic E-state index is 12.5. The summed E-state index contributed by atoms with van der Waals surface area (Å²) in [5.41, 5.74) is 3.93. The predicted molar refractivity (Wildman–Crippen MR) is 148 cm³/mol. The van der Waals surface area contributed by atoms with Gasteiger partial charge >= 0.3 is 6.09 Å². The fourth-order valence-corrected chi connectivity index (χ4v) is 4.72. The molecule has 1 aliphatic heterocycles. The highest BCUT2D eigenvalue weighted by Gasteiger charge is 2.22. The highest BCUT2D eigenvalue weighted by atomic mass is 16.6. The number of nitrogens with zero attached hydrogens (tertiary/aromatic N) is 9. The van der Waals surface area contributed by atoms with E-state index in [4.69, 9.17) is 9.72 Å². The number of hydrogen-bond donors (Lipinski definition) is 1. The van der Waals surface area contributed by atoms with Gasteiger partial charge in [0.15, 0.2) is 17.3 Å². The maximum Gasteiger partial charge on any atom is 0.416 e. The van der Waals surface area contributed by atoms with Crippen LogP contribution in [-0.2, 0) is 0 Å². The van der Waals surface area contributed by atoms with Crippen molar-refractivity contribution in [2.75, 3.05) is 18.4 Å². The molecule has 0 radical (unpaired) electrons. The molecule has 0 unspecified atom stereocenters. The number of fused-ring (bicyclic) bond motifs is 1. The number of Topliss-reactive ketones (excluding diaryl/α,β-unsaturated/α-hetero) is 1. The highest BCUT2D eigenvalue weighted by molar-refractivity contribution is 5.97. The number of hydrogen-bond acceptors (Lipinski definition) is 10. The second-order valence-corrected chi connectivity index (χ2v) is 9.55. The lowest BCUT2D eigenvalue weighted by Crippen LogP contribution is -2.31. The van der Waals surface area contributed by atoms with Crippen LogP contribution in [0.15, 0.2) is 55.0 Å². The Bertz CT molecular complexity index is 1850. The lowest BCUT2D eigenvalue weighted by Gasteiger charge is -2.16. The van der Waals surface area contributed by atoms with Crippen LogP contribution >= 0.6 is 0 Å². The van der Waals surface area contributed by atoms with Gasteiger partial charge in [0, 0.05) is 24.5 Å². The van der Waals surface area contributed by atoms with Crippen LogP contribution in [-0.4, -0.2) is 64.4 Å². The van der Waals surface area contributed by atoms with Gasteiger partial charge in [0.2, 0.25) is 0 Å². The molecule has 0 bridgehead atoms. The van der Waals surface area contributed by atoms with Gasteiger partial charge in [-0.1, -0.05) is 0 Å². The normalized spacial score (nSPS) is 12.9. The SMILES string of the molecule is CC(=O)c1ccc(-n2cnc3cc(Nc4ccnnc4OC(=O)N4CCCC4)ccc32)nc1-n1nc(C#N)cc1C. The van der Waals surface area contributed by atoms with Crippen molar-refractivity contribution >= 4 is 34.3 Å². The number of benzene rings is 1. The van der Waals surface area contributed by atoms with Crippen molar-refractivity contribution in [2.24, 2.45) is 0 Å². The lowest BCUT2D eigenvalue weighted by atomic mass is 10.2. The zero-order chi connectivity index (χ0) is 28.5. The molecule has 0 atom stereocenters. The molecule has 6 rings (SSSR count). The zero-order valence-electron chi connectivity index (χ0n) is 22.3. The average molecular weight is 549 g/mol. The quantitative estimate of drug-likeness (QED) is 0.306. The summed E-state index contributed by atoms with van der Waals surface area (Å²) in [6, 6.07) is 14.3. The van der Waals surface area contributed by atoms with Crippen molar-refractivity contribution in [1.82, 2.24) is 39.4 Å². The smallest absolute Gasteiger partial charge is 0.387 e. The number of aryl methyl sites for hydroxylation is 1. The van der Waals surface area contributed by atoms with E-state index in [0.29, 0.717) is 52.9 Å². The number of amides is 1. The standard InChI is InChI=1S/C28H24N10O3/c1-17-13-20(15-29)35-38(17)26-21(18(2)39)6-8-25(33-26)37-16-30-23-14-19(5-7-24(23)37)32-22-9-10-31-34-27(22)41-28(40)36-11-3-4-12-36/h5-10,13-14,16H,3-4,11-12H2,1-2H3,(H,31,32). The third-order valence-electron chi connectivity index (χ3n) is 6.75.